The van der Waals surface area contributed by atoms with E-state index < -0.39 is 0 Å². The molecule has 4 nitrogen and oxygen atoms in total. The van der Waals surface area contributed by atoms with Gasteiger partial charge in [0.25, 0.3) is 0 Å². The van der Waals surface area contributed by atoms with E-state index in [2.05, 4.69) is 5.32 Å². The van der Waals surface area contributed by atoms with Crippen molar-refractivity contribution in [1.29, 1.82) is 0 Å². The molecule has 2 aromatic rings. The molecule has 2 rings (SSSR count). The number of halogens is 1. The summed E-state index contributed by atoms with van der Waals surface area (Å²) in [4.78, 5) is 26.0. The number of aryl methyl sites for hydroxylation is 3. The van der Waals surface area contributed by atoms with Crippen molar-refractivity contribution in [2.24, 2.45) is 0 Å². The lowest BCUT2D eigenvalue weighted by Gasteiger charge is -2.25. The van der Waals surface area contributed by atoms with Gasteiger partial charge < -0.3 is 10.2 Å². The maximum atomic E-state index is 12.3. The number of nitrogens with zero attached hydrogens (tertiary/aromatic N) is 1. The topological polar surface area (TPSA) is 49.4 Å². The molecule has 2 aromatic carbocycles. The second kappa shape index (κ2) is 8.86. The van der Waals surface area contributed by atoms with E-state index in [-0.39, 0.29) is 18.4 Å². The molecule has 138 valence electrons. The smallest absolute Gasteiger partial charge is 0.240 e. The van der Waals surface area contributed by atoms with Crippen molar-refractivity contribution in [3.05, 3.63) is 63.7 Å². The van der Waals surface area contributed by atoms with E-state index in [4.69, 9.17) is 11.6 Å². The highest BCUT2D eigenvalue weighted by Crippen LogP contribution is 2.26. The minimum Gasteiger partial charge on any atom is -0.354 e. The van der Waals surface area contributed by atoms with Crippen LogP contribution in [-0.2, 0) is 16.0 Å². The van der Waals surface area contributed by atoms with Crippen molar-refractivity contribution in [2.75, 3.05) is 18.0 Å². The van der Waals surface area contributed by atoms with E-state index in [0.717, 1.165) is 27.9 Å². The summed E-state index contributed by atoms with van der Waals surface area (Å²) in [6.45, 7) is 7.96. The number of nitrogens with one attached hydrogen (secondary N) is 1. The molecular formula is C21H25ClN2O2. The first kappa shape index (κ1) is 20.0. The zero-order valence-corrected chi connectivity index (χ0v) is 16.5. The Balaban J connectivity index is 2.00. The lowest BCUT2D eigenvalue weighted by atomic mass is 10.0. The number of hydrogen-bond acceptors (Lipinski definition) is 2. The van der Waals surface area contributed by atoms with Crippen LogP contribution >= 0.6 is 11.6 Å². The van der Waals surface area contributed by atoms with Crippen LogP contribution in [0.1, 0.15) is 29.2 Å². The number of benzene rings is 2. The van der Waals surface area contributed by atoms with Gasteiger partial charge in [0.15, 0.2) is 0 Å². The fourth-order valence-electron chi connectivity index (χ4n) is 3.14. The second-order valence-corrected chi connectivity index (χ2v) is 7.02. The summed E-state index contributed by atoms with van der Waals surface area (Å²) in [6, 6.07) is 11.6. The maximum Gasteiger partial charge on any atom is 0.240 e. The number of hydrogen-bond donors (Lipinski definition) is 1. The lowest BCUT2D eigenvalue weighted by molar-refractivity contribution is -0.123. The van der Waals surface area contributed by atoms with Gasteiger partial charge in [0, 0.05) is 18.5 Å². The molecule has 0 aliphatic carbocycles. The van der Waals surface area contributed by atoms with Crippen LogP contribution in [0.5, 0.6) is 0 Å². The monoisotopic (exact) mass is 372 g/mol. The predicted octanol–water partition coefficient (Wildman–Crippen LogP) is 3.98. The SMILES string of the molecule is CC(=O)N(CC(=O)NCCc1ccc(Cl)cc1)c1c(C)cc(C)cc1C. The van der Waals surface area contributed by atoms with Crippen LogP contribution in [0.3, 0.4) is 0 Å². The summed E-state index contributed by atoms with van der Waals surface area (Å²) in [5, 5.41) is 3.58. The van der Waals surface area contributed by atoms with E-state index in [1.165, 1.54) is 6.92 Å². The quantitative estimate of drug-likeness (QED) is 0.833. The third kappa shape index (κ3) is 5.33. The summed E-state index contributed by atoms with van der Waals surface area (Å²) >= 11 is 5.87. The first-order valence-corrected chi connectivity index (χ1v) is 9.03. The summed E-state index contributed by atoms with van der Waals surface area (Å²) < 4.78 is 0. The number of anilines is 1. The third-order valence-electron chi connectivity index (χ3n) is 4.24. The Morgan fingerprint density at radius 1 is 1.04 bits per heavy atom. The molecule has 0 aliphatic rings. The molecule has 0 radical (unpaired) electrons. The van der Waals surface area contributed by atoms with Crippen molar-refractivity contribution >= 4 is 29.1 Å². The Morgan fingerprint density at radius 2 is 1.62 bits per heavy atom. The fourth-order valence-corrected chi connectivity index (χ4v) is 3.27. The highest BCUT2D eigenvalue weighted by atomic mass is 35.5. The van der Waals surface area contributed by atoms with Gasteiger partial charge in [0.1, 0.15) is 6.54 Å². The zero-order chi connectivity index (χ0) is 19.3. The van der Waals surface area contributed by atoms with Gasteiger partial charge in [-0.1, -0.05) is 41.4 Å². The maximum absolute atomic E-state index is 12.3. The molecule has 1 N–H and O–H groups in total. The number of amides is 2. The van der Waals surface area contributed by atoms with E-state index in [1.54, 1.807) is 4.90 Å². The van der Waals surface area contributed by atoms with Gasteiger partial charge in [-0.2, -0.15) is 0 Å². The molecule has 0 atom stereocenters. The summed E-state index contributed by atoms with van der Waals surface area (Å²) in [6.07, 6.45) is 0.714. The Kier molecular flexibility index (Phi) is 6.81. The largest absolute Gasteiger partial charge is 0.354 e. The summed E-state index contributed by atoms with van der Waals surface area (Å²) in [7, 11) is 0. The van der Waals surface area contributed by atoms with Crippen molar-refractivity contribution in [3.8, 4) is 0 Å². The van der Waals surface area contributed by atoms with E-state index in [1.807, 2.05) is 57.2 Å². The second-order valence-electron chi connectivity index (χ2n) is 6.58. The van der Waals surface area contributed by atoms with Gasteiger partial charge in [-0.25, -0.2) is 0 Å². The molecule has 0 spiro atoms. The van der Waals surface area contributed by atoms with Gasteiger partial charge >= 0.3 is 0 Å². The van der Waals surface area contributed by atoms with Gasteiger partial charge in [-0.15, -0.1) is 0 Å². The highest BCUT2D eigenvalue weighted by molar-refractivity contribution is 6.30. The Morgan fingerprint density at radius 3 is 2.15 bits per heavy atom. The highest BCUT2D eigenvalue weighted by Gasteiger charge is 2.19. The summed E-state index contributed by atoms with van der Waals surface area (Å²) in [5.41, 5.74) is 5.04. The third-order valence-corrected chi connectivity index (χ3v) is 4.49. The van der Waals surface area contributed by atoms with Crippen LogP contribution in [0.2, 0.25) is 5.02 Å². The van der Waals surface area contributed by atoms with Crippen LogP contribution in [0.4, 0.5) is 5.69 Å². The Bertz CT molecular complexity index is 777. The predicted molar refractivity (Wildman–Crippen MR) is 107 cm³/mol. The van der Waals surface area contributed by atoms with Gasteiger partial charge in [-0.3, -0.25) is 9.59 Å². The zero-order valence-electron chi connectivity index (χ0n) is 15.7. The molecule has 5 heteroatoms. The first-order valence-electron chi connectivity index (χ1n) is 8.65. The molecule has 0 unspecified atom stereocenters. The normalized spacial score (nSPS) is 10.5. The average molecular weight is 373 g/mol. The molecule has 26 heavy (non-hydrogen) atoms. The number of rotatable bonds is 6. The number of carbonyl (C=O) groups is 2. The Hall–Kier alpha value is -2.33. The van der Waals surface area contributed by atoms with Crippen LogP contribution in [0.15, 0.2) is 36.4 Å². The minimum absolute atomic E-state index is 0.0146. The van der Waals surface area contributed by atoms with E-state index in [0.29, 0.717) is 18.0 Å². The molecule has 2 amide bonds. The van der Waals surface area contributed by atoms with E-state index in [9.17, 15) is 9.59 Å². The fraction of sp³-hybridized carbons (Fsp3) is 0.333. The molecule has 0 fully saturated rings. The van der Waals surface area contributed by atoms with Crippen LogP contribution in [-0.4, -0.2) is 24.9 Å². The molecular weight excluding hydrogens is 348 g/mol. The molecule has 0 aliphatic heterocycles. The molecule has 0 saturated heterocycles. The van der Waals surface area contributed by atoms with Crippen molar-refractivity contribution in [1.82, 2.24) is 5.32 Å². The van der Waals surface area contributed by atoms with E-state index >= 15 is 0 Å². The average Bonchev–Trinajstić information content (AvgIpc) is 2.54. The molecule has 0 saturated carbocycles. The molecule has 0 aromatic heterocycles. The van der Waals surface area contributed by atoms with Crippen molar-refractivity contribution < 1.29 is 9.59 Å². The number of carbonyl (C=O) groups excluding carboxylic acids is 2. The Labute approximate surface area is 160 Å². The molecule has 0 heterocycles. The van der Waals surface area contributed by atoms with Crippen LogP contribution in [0, 0.1) is 20.8 Å². The van der Waals surface area contributed by atoms with Gasteiger partial charge in [0.05, 0.1) is 5.69 Å². The van der Waals surface area contributed by atoms with Gasteiger partial charge in [0.2, 0.25) is 11.8 Å². The van der Waals surface area contributed by atoms with Gasteiger partial charge in [-0.05, 0) is 56.0 Å². The minimum atomic E-state index is -0.173. The lowest BCUT2D eigenvalue weighted by Crippen LogP contribution is -2.41. The standard InChI is InChI=1S/C21H25ClN2O2/c1-14-11-15(2)21(16(3)12-14)24(17(4)25)13-20(26)23-10-9-18-5-7-19(22)8-6-18/h5-8,11-12H,9-10,13H2,1-4H3,(H,23,26). The van der Waals surface area contributed by atoms with Crippen LogP contribution in [0.25, 0.3) is 0 Å². The van der Waals surface area contributed by atoms with Crippen LogP contribution < -0.4 is 10.2 Å². The summed E-state index contributed by atoms with van der Waals surface area (Å²) in [5.74, 6) is -0.318. The van der Waals surface area contributed by atoms with Crippen molar-refractivity contribution in [2.45, 2.75) is 34.1 Å². The first-order chi connectivity index (χ1) is 12.3. The van der Waals surface area contributed by atoms with Crippen molar-refractivity contribution in [3.63, 3.8) is 0 Å². The molecule has 0 bridgehead atoms.